The van der Waals surface area contributed by atoms with Crippen LogP contribution in [0.1, 0.15) is 6.92 Å². The van der Waals surface area contributed by atoms with Gasteiger partial charge in [-0.2, -0.15) is 0 Å². The highest BCUT2D eigenvalue weighted by atomic mass is 32.2. The molecule has 6 heteroatoms. The largest absolute Gasteiger partial charge is 0.480 e. The Hall–Kier alpha value is -1.14. The van der Waals surface area contributed by atoms with Gasteiger partial charge in [0.25, 0.3) is 0 Å². The van der Waals surface area contributed by atoms with E-state index < -0.39 is 11.5 Å². The Labute approximate surface area is 92.3 Å². The summed E-state index contributed by atoms with van der Waals surface area (Å²) in [5.41, 5.74) is -0.935. The molecule has 2 N–H and O–H groups in total. The van der Waals surface area contributed by atoms with Gasteiger partial charge in [-0.05, 0) is 20.0 Å². The summed E-state index contributed by atoms with van der Waals surface area (Å²) in [5, 5.41) is 12.6. The number of thioether (sulfide) groups is 1. The third kappa shape index (κ3) is 3.17. The van der Waals surface area contributed by atoms with Crippen LogP contribution in [0.4, 0.5) is 0 Å². The lowest BCUT2D eigenvalue weighted by atomic mass is 10.1. The van der Waals surface area contributed by atoms with Crippen molar-refractivity contribution in [1.82, 2.24) is 15.3 Å². The number of hydrogen-bond acceptors (Lipinski definition) is 5. The maximum Gasteiger partial charge on any atom is 0.324 e. The quantitative estimate of drug-likeness (QED) is 0.567. The van der Waals surface area contributed by atoms with Crippen molar-refractivity contribution in [3.8, 4) is 0 Å². The molecule has 5 nitrogen and oxygen atoms in total. The molecule has 1 heterocycles. The van der Waals surface area contributed by atoms with E-state index in [0.29, 0.717) is 5.75 Å². The number of carboxylic acid groups (broad SMARTS) is 1. The van der Waals surface area contributed by atoms with Crippen LogP contribution < -0.4 is 5.32 Å². The van der Waals surface area contributed by atoms with Crippen LogP contribution in [0.3, 0.4) is 0 Å². The van der Waals surface area contributed by atoms with Crippen LogP contribution >= 0.6 is 11.8 Å². The van der Waals surface area contributed by atoms with Crippen LogP contribution in [0, 0.1) is 0 Å². The lowest BCUT2D eigenvalue weighted by molar-refractivity contribution is -0.142. The van der Waals surface area contributed by atoms with E-state index in [-0.39, 0.29) is 0 Å². The molecule has 1 atom stereocenters. The van der Waals surface area contributed by atoms with Crippen molar-refractivity contribution < 1.29 is 9.90 Å². The summed E-state index contributed by atoms with van der Waals surface area (Å²) < 4.78 is 0. The van der Waals surface area contributed by atoms with Crippen molar-refractivity contribution in [1.29, 1.82) is 0 Å². The topological polar surface area (TPSA) is 75.1 Å². The molecule has 15 heavy (non-hydrogen) atoms. The van der Waals surface area contributed by atoms with Crippen molar-refractivity contribution in [2.75, 3.05) is 12.8 Å². The number of aromatic nitrogens is 2. The molecular weight excluding hydrogens is 214 g/mol. The van der Waals surface area contributed by atoms with Crippen LogP contribution in [0.25, 0.3) is 0 Å². The second kappa shape index (κ2) is 5.09. The SMILES string of the molecule is CNC(C)(CSc1ccncn1)C(=O)O. The van der Waals surface area contributed by atoms with E-state index >= 15 is 0 Å². The first kappa shape index (κ1) is 11.9. The zero-order valence-corrected chi connectivity index (χ0v) is 9.41. The first-order chi connectivity index (χ1) is 7.08. The molecule has 0 bridgehead atoms. The monoisotopic (exact) mass is 227 g/mol. The van der Waals surface area contributed by atoms with Crippen molar-refractivity contribution in [2.45, 2.75) is 17.5 Å². The molecule has 0 fully saturated rings. The van der Waals surface area contributed by atoms with Crippen molar-refractivity contribution >= 4 is 17.7 Å². The molecule has 0 amide bonds. The van der Waals surface area contributed by atoms with Gasteiger partial charge in [-0.25, -0.2) is 9.97 Å². The lowest BCUT2D eigenvalue weighted by Crippen LogP contribution is -2.49. The summed E-state index contributed by atoms with van der Waals surface area (Å²) in [6.07, 6.45) is 3.08. The molecule has 0 aliphatic heterocycles. The van der Waals surface area contributed by atoms with Crippen molar-refractivity contribution in [2.24, 2.45) is 0 Å². The smallest absolute Gasteiger partial charge is 0.324 e. The van der Waals surface area contributed by atoms with Gasteiger partial charge >= 0.3 is 5.97 Å². The fraction of sp³-hybridized carbons (Fsp3) is 0.444. The number of likely N-dealkylation sites (N-methyl/N-ethyl adjacent to an activating group) is 1. The van der Waals surface area contributed by atoms with Gasteiger partial charge in [0.15, 0.2) is 0 Å². The van der Waals surface area contributed by atoms with Gasteiger partial charge in [0.1, 0.15) is 11.9 Å². The minimum atomic E-state index is -0.935. The Balaban J connectivity index is 2.59. The van der Waals surface area contributed by atoms with Crippen molar-refractivity contribution in [3.05, 3.63) is 18.6 Å². The van der Waals surface area contributed by atoms with Crippen LogP contribution in [-0.2, 0) is 4.79 Å². The number of carboxylic acids is 1. The van der Waals surface area contributed by atoms with E-state index in [2.05, 4.69) is 15.3 Å². The summed E-state index contributed by atoms with van der Waals surface area (Å²) in [6.45, 7) is 1.64. The summed E-state index contributed by atoms with van der Waals surface area (Å²) in [6, 6.07) is 1.75. The second-order valence-corrected chi connectivity index (χ2v) is 4.22. The van der Waals surface area contributed by atoms with Gasteiger partial charge in [0.05, 0.1) is 5.03 Å². The fourth-order valence-electron chi connectivity index (χ4n) is 0.823. The molecule has 0 aromatic carbocycles. The fourth-order valence-corrected chi connectivity index (χ4v) is 1.81. The van der Waals surface area contributed by atoms with Gasteiger partial charge in [0.2, 0.25) is 0 Å². The van der Waals surface area contributed by atoms with Gasteiger partial charge in [0, 0.05) is 11.9 Å². The van der Waals surface area contributed by atoms with Crippen LogP contribution in [0.15, 0.2) is 23.6 Å². The van der Waals surface area contributed by atoms with Crippen LogP contribution in [0.5, 0.6) is 0 Å². The molecule has 0 aliphatic carbocycles. The van der Waals surface area contributed by atoms with Crippen LogP contribution in [-0.4, -0.2) is 39.4 Å². The maximum absolute atomic E-state index is 11.0. The van der Waals surface area contributed by atoms with E-state index in [1.807, 2.05) is 0 Å². The normalized spacial score (nSPS) is 14.5. The van der Waals surface area contributed by atoms with Gasteiger partial charge in [-0.1, -0.05) is 0 Å². The number of nitrogens with one attached hydrogen (secondary N) is 1. The van der Waals surface area contributed by atoms with E-state index in [9.17, 15) is 4.79 Å². The molecule has 0 saturated carbocycles. The summed E-state index contributed by atoms with van der Waals surface area (Å²) in [7, 11) is 1.63. The molecule has 0 aliphatic rings. The summed E-state index contributed by atoms with van der Waals surface area (Å²) in [4.78, 5) is 18.8. The molecular formula is C9H13N3O2S. The van der Waals surface area contributed by atoms with E-state index in [0.717, 1.165) is 5.03 Å². The van der Waals surface area contributed by atoms with E-state index in [1.54, 1.807) is 26.2 Å². The molecule has 0 spiro atoms. The molecule has 1 unspecified atom stereocenters. The molecule has 0 saturated heterocycles. The Bertz CT molecular complexity index is 333. The predicted molar refractivity (Wildman–Crippen MR) is 57.9 cm³/mol. The first-order valence-corrected chi connectivity index (χ1v) is 5.38. The first-order valence-electron chi connectivity index (χ1n) is 4.39. The molecule has 82 valence electrons. The van der Waals surface area contributed by atoms with Gasteiger partial charge < -0.3 is 10.4 Å². The Kier molecular flexibility index (Phi) is 4.05. The van der Waals surface area contributed by atoms with Gasteiger partial charge in [-0.3, -0.25) is 4.79 Å². The zero-order chi connectivity index (χ0) is 11.3. The number of carbonyl (C=O) groups is 1. The Morgan fingerprint density at radius 2 is 2.47 bits per heavy atom. The second-order valence-electron chi connectivity index (χ2n) is 3.22. The maximum atomic E-state index is 11.0. The number of rotatable bonds is 5. The highest BCUT2D eigenvalue weighted by Crippen LogP contribution is 2.19. The number of nitrogens with zero attached hydrogens (tertiary/aromatic N) is 2. The Morgan fingerprint density at radius 1 is 1.73 bits per heavy atom. The predicted octanol–water partition coefficient (Wildman–Crippen LogP) is 0.631. The standard InChI is InChI=1S/C9H13N3O2S/c1-9(10-2,8(13)14)5-15-7-3-4-11-6-12-7/h3-4,6,10H,5H2,1-2H3,(H,13,14). The minimum Gasteiger partial charge on any atom is -0.480 e. The zero-order valence-electron chi connectivity index (χ0n) is 8.60. The molecule has 1 aromatic rings. The third-order valence-corrected chi connectivity index (χ3v) is 3.35. The number of hydrogen-bond donors (Lipinski definition) is 2. The molecule has 1 rings (SSSR count). The number of aliphatic carboxylic acids is 1. The Morgan fingerprint density at radius 3 is 2.93 bits per heavy atom. The van der Waals surface area contributed by atoms with Crippen molar-refractivity contribution in [3.63, 3.8) is 0 Å². The lowest BCUT2D eigenvalue weighted by Gasteiger charge is -2.23. The van der Waals surface area contributed by atoms with E-state index in [1.165, 1.54) is 18.1 Å². The summed E-state index contributed by atoms with van der Waals surface area (Å²) >= 11 is 1.39. The summed E-state index contributed by atoms with van der Waals surface area (Å²) in [5.74, 6) is -0.456. The van der Waals surface area contributed by atoms with E-state index in [4.69, 9.17) is 5.11 Å². The average molecular weight is 227 g/mol. The molecule has 0 radical (unpaired) electrons. The molecule has 1 aromatic heterocycles. The highest BCUT2D eigenvalue weighted by molar-refractivity contribution is 7.99. The van der Waals surface area contributed by atoms with Gasteiger partial charge in [-0.15, -0.1) is 11.8 Å². The average Bonchev–Trinajstić information content (AvgIpc) is 2.27. The third-order valence-electron chi connectivity index (χ3n) is 2.09. The minimum absolute atomic E-state index is 0.413. The van der Waals surface area contributed by atoms with Crippen LogP contribution in [0.2, 0.25) is 0 Å². The highest BCUT2D eigenvalue weighted by Gasteiger charge is 2.31.